The molecule has 0 aliphatic rings. The number of amides is 1. The quantitative estimate of drug-likeness (QED) is 0.458. The van der Waals surface area contributed by atoms with Crippen molar-refractivity contribution < 1.29 is 9.53 Å². The van der Waals surface area contributed by atoms with Crippen LogP contribution in [0.3, 0.4) is 0 Å². The van der Waals surface area contributed by atoms with Crippen molar-refractivity contribution >= 4 is 34.1 Å². The van der Waals surface area contributed by atoms with Gasteiger partial charge < -0.3 is 10.1 Å². The third-order valence-corrected chi connectivity index (χ3v) is 4.56. The van der Waals surface area contributed by atoms with Crippen LogP contribution in [0.25, 0.3) is 0 Å². The summed E-state index contributed by atoms with van der Waals surface area (Å²) in [7, 11) is 0. The summed E-state index contributed by atoms with van der Waals surface area (Å²) in [5, 5.41) is 11.2. The van der Waals surface area contributed by atoms with Crippen LogP contribution in [0.5, 0.6) is 5.75 Å². The van der Waals surface area contributed by atoms with Gasteiger partial charge in [0.1, 0.15) is 5.75 Å². The van der Waals surface area contributed by atoms with Gasteiger partial charge in [0.05, 0.1) is 6.61 Å². The lowest BCUT2D eigenvalue weighted by molar-refractivity contribution is -0.115. The largest absolute Gasteiger partial charge is 0.494 e. The number of carbonyl (C=O) groups is 1. The van der Waals surface area contributed by atoms with Crippen molar-refractivity contribution in [1.82, 2.24) is 10.2 Å². The standard InChI is InChI=1S/C14H17N3O2S2/c1-2-12(18)15-13-16-17-14(21-13)20-10-6-9-19-11-7-4-3-5-8-11/h3-5,7-8H,2,6,9-10H2,1H3,(H,15,16,18). The topological polar surface area (TPSA) is 64.1 Å². The number of para-hydroxylation sites is 1. The summed E-state index contributed by atoms with van der Waals surface area (Å²) in [6.07, 6.45) is 1.37. The normalized spacial score (nSPS) is 10.3. The Labute approximate surface area is 132 Å². The third kappa shape index (κ3) is 5.73. The zero-order valence-corrected chi connectivity index (χ0v) is 13.4. The number of benzene rings is 1. The molecule has 0 aliphatic heterocycles. The van der Waals surface area contributed by atoms with Gasteiger partial charge >= 0.3 is 0 Å². The van der Waals surface area contributed by atoms with Crippen LogP contribution < -0.4 is 10.1 Å². The molecule has 7 heteroatoms. The molecule has 1 amide bonds. The SMILES string of the molecule is CCC(=O)Nc1nnc(SCCCOc2ccccc2)s1. The molecule has 0 radical (unpaired) electrons. The molecule has 0 unspecified atom stereocenters. The number of rotatable bonds is 8. The van der Waals surface area contributed by atoms with E-state index in [0.717, 1.165) is 22.3 Å². The van der Waals surface area contributed by atoms with E-state index in [2.05, 4.69) is 15.5 Å². The highest BCUT2D eigenvalue weighted by molar-refractivity contribution is 8.01. The van der Waals surface area contributed by atoms with Crippen LogP contribution in [0.15, 0.2) is 34.7 Å². The van der Waals surface area contributed by atoms with Crippen molar-refractivity contribution in [3.05, 3.63) is 30.3 Å². The summed E-state index contributed by atoms with van der Waals surface area (Å²) in [6.45, 7) is 2.48. The Bertz CT molecular complexity index is 560. The molecule has 1 aromatic carbocycles. The average Bonchev–Trinajstić information content (AvgIpc) is 2.95. The first kappa shape index (κ1) is 15.8. The highest BCUT2D eigenvalue weighted by Gasteiger charge is 2.06. The maximum absolute atomic E-state index is 11.2. The first-order chi connectivity index (χ1) is 10.3. The minimum atomic E-state index is -0.0426. The predicted octanol–water partition coefficient (Wildman–Crippen LogP) is 3.45. The number of ether oxygens (including phenoxy) is 1. The molecule has 0 bridgehead atoms. The van der Waals surface area contributed by atoms with Crippen LogP contribution >= 0.6 is 23.1 Å². The smallest absolute Gasteiger partial charge is 0.225 e. The van der Waals surface area contributed by atoms with E-state index in [0.29, 0.717) is 18.2 Å². The molecular weight excluding hydrogens is 306 g/mol. The Morgan fingerprint density at radius 2 is 2.14 bits per heavy atom. The Kier molecular flexibility index (Phi) is 6.49. The Morgan fingerprint density at radius 1 is 1.33 bits per heavy atom. The van der Waals surface area contributed by atoms with E-state index < -0.39 is 0 Å². The van der Waals surface area contributed by atoms with Crippen molar-refractivity contribution in [2.24, 2.45) is 0 Å². The third-order valence-electron chi connectivity index (χ3n) is 2.50. The fraction of sp³-hybridized carbons (Fsp3) is 0.357. The molecular formula is C14H17N3O2S2. The maximum atomic E-state index is 11.2. The van der Waals surface area contributed by atoms with E-state index in [-0.39, 0.29) is 5.91 Å². The lowest BCUT2D eigenvalue weighted by atomic mass is 10.3. The molecule has 21 heavy (non-hydrogen) atoms. The summed E-state index contributed by atoms with van der Waals surface area (Å²) >= 11 is 3.02. The highest BCUT2D eigenvalue weighted by Crippen LogP contribution is 2.26. The van der Waals surface area contributed by atoms with Gasteiger partial charge in [-0.25, -0.2) is 0 Å². The van der Waals surface area contributed by atoms with Crippen LogP contribution in [0.1, 0.15) is 19.8 Å². The monoisotopic (exact) mass is 323 g/mol. The molecule has 2 aromatic rings. The maximum Gasteiger partial charge on any atom is 0.225 e. The second-order valence-corrected chi connectivity index (χ2v) is 6.46. The van der Waals surface area contributed by atoms with Crippen LogP contribution in [-0.4, -0.2) is 28.5 Å². The van der Waals surface area contributed by atoms with Gasteiger partial charge in [0, 0.05) is 12.2 Å². The number of hydrogen-bond acceptors (Lipinski definition) is 6. The molecule has 0 aliphatic carbocycles. The van der Waals surface area contributed by atoms with E-state index >= 15 is 0 Å². The molecule has 1 aromatic heterocycles. The molecule has 0 atom stereocenters. The molecule has 112 valence electrons. The van der Waals surface area contributed by atoms with Gasteiger partial charge in [-0.3, -0.25) is 4.79 Å². The molecule has 0 spiro atoms. The number of carbonyl (C=O) groups excluding carboxylic acids is 1. The number of nitrogens with zero attached hydrogens (tertiary/aromatic N) is 2. The van der Waals surface area contributed by atoms with Gasteiger partial charge in [0.25, 0.3) is 0 Å². The predicted molar refractivity (Wildman–Crippen MR) is 86.1 cm³/mol. The lowest BCUT2D eigenvalue weighted by Crippen LogP contribution is -2.08. The molecule has 0 saturated carbocycles. The van der Waals surface area contributed by atoms with E-state index in [9.17, 15) is 4.79 Å². The average molecular weight is 323 g/mol. The van der Waals surface area contributed by atoms with Crippen molar-refractivity contribution in [2.75, 3.05) is 17.7 Å². The van der Waals surface area contributed by atoms with Gasteiger partial charge in [-0.15, -0.1) is 10.2 Å². The minimum absolute atomic E-state index is 0.0426. The molecule has 2 rings (SSSR count). The second kappa shape index (κ2) is 8.63. The number of hydrogen-bond donors (Lipinski definition) is 1. The Hall–Kier alpha value is -1.60. The van der Waals surface area contributed by atoms with Crippen LogP contribution in [0.2, 0.25) is 0 Å². The minimum Gasteiger partial charge on any atom is -0.494 e. The van der Waals surface area contributed by atoms with Gasteiger partial charge in [-0.2, -0.15) is 0 Å². The Morgan fingerprint density at radius 3 is 2.90 bits per heavy atom. The second-order valence-electron chi connectivity index (χ2n) is 4.14. The summed E-state index contributed by atoms with van der Waals surface area (Å²) in [6, 6.07) is 9.77. The fourth-order valence-electron chi connectivity index (χ4n) is 1.45. The van der Waals surface area contributed by atoms with Crippen LogP contribution in [0, 0.1) is 0 Å². The lowest BCUT2D eigenvalue weighted by Gasteiger charge is -2.04. The first-order valence-electron chi connectivity index (χ1n) is 6.72. The molecule has 0 saturated heterocycles. The van der Waals surface area contributed by atoms with Crippen molar-refractivity contribution in [3.8, 4) is 5.75 Å². The Balaban J connectivity index is 1.63. The molecule has 1 heterocycles. The fourth-order valence-corrected chi connectivity index (χ4v) is 3.20. The summed E-state index contributed by atoms with van der Waals surface area (Å²) in [5.74, 6) is 1.75. The van der Waals surface area contributed by atoms with Crippen LogP contribution in [-0.2, 0) is 4.79 Å². The number of nitrogens with one attached hydrogen (secondary N) is 1. The number of aromatic nitrogens is 2. The van der Waals surface area contributed by atoms with Gasteiger partial charge in [0.15, 0.2) is 4.34 Å². The van der Waals surface area contributed by atoms with E-state index in [1.165, 1.54) is 11.3 Å². The van der Waals surface area contributed by atoms with E-state index in [1.54, 1.807) is 18.7 Å². The van der Waals surface area contributed by atoms with Crippen molar-refractivity contribution in [1.29, 1.82) is 0 Å². The van der Waals surface area contributed by atoms with Crippen molar-refractivity contribution in [3.63, 3.8) is 0 Å². The molecule has 5 nitrogen and oxygen atoms in total. The van der Waals surface area contributed by atoms with Crippen LogP contribution in [0.4, 0.5) is 5.13 Å². The van der Waals surface area contributed by atoms with Gasteiger partial charge in [-0.1, -0.05) is 48.2 Å². The number of thioether (sulfide) groups is 1. The van der Waals surface area contributed by atoms with Gasteiger partial charge in [0.2, 0.25) is 11.0 Å². The summed E-state index contributed by atoms with van der Waals surface area (Å²) in [4.78, 5) is 11.2. The molecule has 1 N–H and O–H groups in total. The number of anilines is 1. The van der Waals surface area contributed by atoms with E-state index in [1.807, 2.05) is 30.3 Å². The summed E-state index contributed by atoms with van der Waals surface area (Å²) in [5.41, 5.74) is 0. The van der Waals surface area contributed by atoms with Crippen molar-refractivity contribution in [2.45, 2.75) is 24.1 Å². The molecule has 0 fully saturated rings. The highest BCUT2D eigenvalue weighted by atomic mass is 32.2. The zero-order valence-electron chi connectivity index (χ0n) is 11.7. The zero-order chi connectivity index (χ0) is 14.9. The van der Waals surface area contributed by atoms with Gasteiger partial charge in [-0.05, 0) is 18.6 Å². The van der Waals surface area contributed by atoms with E-state index in [4.69, 9.17) is 4.74 Å². The first-order valence-corrected chi connectivity index (χ1v) is 8.52. The summed E-state index contributed by atoms with van der Waals surface area (Å²) < 4.78 is 6.48.